The van der Waals surface area contributed by atoms with Crippen LogP contribution in [0.4, 0.5) is 0 Å². The van der Waals surface area contributed by atoms with Crippen molar-refractivity contribution in [3.63, 3.8) is 0 Å². The van der Waals surface area contributed by atoms with Crippen LogP contribution in [0.1, 0.15) is 27.2 Å². The summed E-state index contributed by atoms with van der Waals surface area (Å²) in [5.74, 6) is 0. The van der Waals surface area contributed by atoms with Crippen molar-refractivity contribution in [2.24, 2.45) is 0 Å². The van der Waals surface area contributed by atoms with E-state index in [1.165, 1.54) is 11.3 Å². The molecule has 11 heavy (non-hydrogen) atoms. The molecule has 0 radical (unpaired) electrons. The molecule has 0 aliphatic carbocycles. The third-order valence-electron chi connectivity index (χ3n) is 1.55. The Labute approximate surface area is 70.4 Å². The number of rotatable bonds is 3. The van der Waals surface area contributed by atoms with E-state index in [2.05, 4.69) is 51.9 Å². The molecule has 0 fully saturated rings. The molecule has 0 aliphatic rings. The van der Waals surface area contributed by atoms with Gasteiger partial charge in [0, 0.05) is 19.8 Å². The molecular weight excluding hydrogens is 134 g/mol. The Balaban J connectivity index is 4.24. The summed E-state index contributed by atoms with van der Waals surface area (Å²) in [7, 11) is 4.16. The number of hydrogen-bond donors (Lipinski definition) is 0. The average Bonchev–Trinajstić information content (AvgIpc) is 1.87. The SMILES string of the molecule is CC/C(=C\C=C(C)C)N(C)C. The monoisotopic (exact) mass is 153 g/mol. The van der Waals surface area contributed by atoms with Gasteiger partial charge in [0.15, 0.2) is 0 Å². The molecule has 0 bridgehead atoms. The van der Waals surface area contributed by atoms with Gasteiger partial charge in [-0.05, 0) is 26.3 Å². The van der Waals surface area contributed by atoms with Crippen molar-refractivity contribution >= 4 is 0 Å². The summed E-state index contributed by atoms with van der Waals surface area (Å²) < 4.78 is 0. The van der Waals surface area contributed by atoms with Crippen LogP contribution >= 0.6 is 0 Å². The Morgan fingerprint density at radius 1 is 1.18 bits per heavy atom. The lowest BCUT2D eigenvalue weighted by Gasteiger charge is -2.14. The molecule has 0 aromatic carbocycles. The molecule has 0 aromatic heterocycles. The van der Waals surface area contributed by atoms with Crippen molar-refractivity contribution in [3.05, 3.63) is 23.4 Å². The highest BCUT2D eigenvalue weighted by Crippen LogP contribution is 2.04. The third-order valence-corrected chi connectivity index (χ3v) is 1.55. The highest BCUT2D eigenvalue weighted by Gasteiger charge is 1.92. The summed E-state index contributed by atoms with van der Waals surface area (Å²) >= 11 is 0. The van der Waals surface area contributed by atoms with Crippen LogP contribution in [-0.4, -0.2) is 19.0 Å². The van der Waals surface area contributed by atoms with E-state index in [4.69, 9.17) is 0 Å². The van der Waals surface area contributed by atoms with Crippen LogP contribution in [0.25, 0.3) is 0 Å². The van der Waals surface area contributed by atoms with Gasteiger partial charge < -0.3 is 4.90 Å². The van der Waals surface area contributed by atoms with Crippen LogP contribution in [0.5, 0.6) is 0 Å². The first-order chi connectivity index (χ1) is 5.07. The van der Waals surface area contributed by atoms with Crippen LogP contribution in [-0.2, 0) is 0 Å². The topological polar surface area (TPSA) is 3.24 Å². The second-order valence-electron chi connectivity index (χ2n) is 3.15. The summed E-state index contributed by atoms with van der Waals surface area (Å²) in [4.78, 5) is 2.15. The van der Waals surface area contributed by atoms with E-state index in [0.29, 0.717) is 0 Å². The van der Waals surface area contributed by atoms with Crippen LogP contribution < -0.4 is 0 Å². The number of hydrogen-bond acceptors (Lipinski definition) is 1. The molecule has 1 nitrogen and oxygen atoms in total. The molecule has 0 spiro atoms. The first-order valence-electron chi connectivity index (χ1n) is 4.09. The first kappa shape index (κ1) is 10.3. The maximum absolute atomic E-state index is 2.18. The first-order valence-corrected chi connectivity index (χ1v) is 4.09. The zero-order chi connectivity index (χ0) is 8.85. The van der Waals surface area contributed by atoms with Crippen molar-refractivity contribution in [1.82, 2.24) is 4.90 Å². The maximum Gasteiger partial charge on any atom is 0.0125 e. The highest BCUT2D eigenvalue weighted by molar-refractivity contribution is 5.14. The number of nitrogens with zero attached hydrogens (tertiary/aromatic N) is 1. The molecule has 0 rings (SSSR count). The van der Waals surface area contributed by atoms with Gasteiger partial charge in [-0.15, -0.1) is 0 Å². The third kappa shape index (κ3) is 4.65. The molecular formula is C10H19N. The average molecular weight is 153 g/mol. The van der Waals surface area contributed by atoms with Gasteiger partial charge in [0.2, 0.25) is 0 Å². The summed E-state index contributed by atoms with van der Waals surface area (Å²) in [6, 6.07) is 0. The minimum atomic E-state index is 1.09. The van der Waals surface area contributed by atoms with Gasteiger partial charge in [-0.25, -0.2) is 0 Å². The largest absolute Gasteiger partial charge is 0.381 e. The maximum atomic E-state index is 2.18. The lowest BCUT2D eigenvalue weighted by molar-refractivity contribution is 0.494. The molecule has 0 aliphatic heterocycles. The second-order valence-corrected chi connectivity index (χ2v) is 3.15. The van der Waals surface area contributed by atoms with E-state index in [0.717, 1.165) is 6.42 Å². The molecule has 0 aromatic rings. The fraction of sp³-hybridized carbons (Fsp3) is 0.600. The van der Waals surface area contributed by atoms with E-state index < -0.39 is 0 Å². The molecule has 1 heteroatoms. The lowest BCUT2D eigenvalue weighted by Crippen LogP contribution is -2.09. The van der Waals surface area contributed by atoms with E-state index in [1.54, 1.807) is 0 Å². The van der Waals surface area contributed by atoms with Gasteiger partial charge in [0.05, 0.1) is 0 Å². The number of allylic oxidation sites excluding steroid dienone is 4. The van der Waals surface area contributed by atoms with Crippen LogP contribution in [0.3, 0.4) is 0 Å². The van der Waals surface area contributed by atoms with Gasteiger partial charge in [-0.3, -0.25) is 0 Å². The molecule has 0 amide bonds. The Kier molecular flexibility index (Phi) is 4.67. The van der Waals surface area contributed by atoms with E-state index in [-0.39, 0.29) is 0 Å². The Morgan fingerprint density at radius 2 is 1.73 bits per heavy atom. The quantitative estimate of drug-likeness (QED) is 0.563. The Morgan fingerprint density at radius 3 is 2.00 bits per heavy atom. The molecule has 0 N–H and O–H groups in total. The molecule has 0 saturated carbocycles. The molecule has 0 heterocycles. The van der Waals surface area contributed by atoms with Gasteiger partial charge in [-0.2, -0.15) is 0 Å². The van der Waals surface area contributed by atoms with Crippen molar-refractivity contribution in [2.75, 3.05) is 14.1 Å². The van der Waals surface area contributed by atoms with Crippen molar-refractivity contribution in [3.8, 4) is 0 Å². The van der Waals surface area contributed by atoms with E-state index in [9.17, 15) is 0 Å². The van der Waals surface area contributed by atoms with Gasteiger partial charge in [0.25, 0.3) is 0 Å². The second kappa shape index (κ2) is 5.00. The van der Waals surface area contributed by atoms with Crippen molar-refractivity contribution in [1.29, 1.82) is 0 Å². The minimum Gasteiger partial charge on any atom is -0.381 e. The molecule has 0 unspecified atom stereocenters. The van der Waals surface area contributed by atoms with Gasteiger partial charge >= 0.3 is 0 Å². The minimum absolute atomic E-state index is 1.09. The predicted molar refractivity (Wildman–Crippen MR) is 51.5 cm³/mol. The Hall–Kier alpha value is -0.720. The fourth-order valence-electron chi connectivity index (χ4n) is 0.846. The van der Waals surface area contributed by atoms with Crippen LogP contribution in [0, 0.1) is 0 Å². The lowest BCUT2D eigenvalue weighted by atomic mass is 10.2. The normalized spacial score (nSPS) is 11.2. The van der Waals surface area contributed by atoms with Crippen LogP contribution in [0.15, 0.2) is 23.4 Å². The standard InChI is InChI=1S/C10H19N/c1-6-10(11(4)5)8-7-9(2)3/h7-8H,6H2,1-5H3/b10-8+. The van der Waals surface area contributed by atoms with E-state index in [1.807, 2.05) is 0 Å². The summed E-state index contributed by atoms with van der Waals surface area (Å²) in [5.41, 5.74) is 2.71. The highest BCUT2D eigenvalue weighted by atomic mass is 15.1. The van der Waals surface area contributed by atoms with Gasteiger partial charge in [0.1, 0.15) is 0 Å². The summed E-state index contributed by atoms with van der Waals surface area (Å²) in [6.07, 6.45) is 5.42. The summed E-state index contributed by atoms with van der Waals surface area (Å²) in [5, 5.41) is 0. The molecule has 0 atom stereocenters. The Bertz CT molecular complexity index is 160. The molecule has 64 valence electrons. The molecule has 0 saturated heterocycles. The van der Waals surface area contributed by atoms with Crippen LogP contribution in [0.2, 0.25) is 0 Å². The predicted octanol–water partition coefficient (Wildman–Crippen LogP) is 2.81. The smallest absolute Gasteiger partial charge is 0.0125 e. The zero-order valence-electron chi connectivity index (χ0n) is 8.31. The summed E-state index contributed by atoms with van der Waals surface area (Å²) in [6.45, 7) is 6.39. The van der Waals surface area contributed by atoms with Crippen molar-refractivity contribution < 1.29 is 0 Å². The zero-order valence-corrected chi connectivity index (χ0v) is 8.31. The van der Waals surface area contributed by atoms with Gasteiger partial charge in [-0.1, -0.05) is 18.6 Å². The van der Waals surface area contributed by atoms with Crippen molar-refractivity contribution in [2.45, 2.75) is 27.2 Å². The van der Waals surface area contributed by atoms with E-state index >= 15 is 0 Å². The fourth-order valence-corrected chi connectivity index (χ4v) is 0.846.